The van der Waals surface area contributed by atoms with Crippen molar-refractivity contribution in [3.8, 4) is 0 Å². The highest BCUT2D eigenvalue weighted by Crippen LogP contribution is 2.22. The van der Waals surface area contributed by atoms with E-state index >= 15 is 0 Å². The van der Waals surface area contributed by atoms with Crippen molar-refractivity contribution >= 4 is 22.5 Å². The third kappa shape index (κ3) is 2.60. The third-order valence-corrected chi connectivity index (χ3v) is 3.48. The van der Waals surface area contributed by atoms with Crippen LogP contribution in [0.3, 0.4) is 0 Å². The van der Waals surface area contributed by atoms with E-state index in [1.165, 1.54) is 0 Å². The number of nitrogens with zero attached hydrogens (tertiary/aromatic N) is 2. The average Bonchev–Trinajstić information content (AvgIpc) is 2.47. The molecule has 0 radical (unpaired) electrons. The molecule has 0 aliphatic heterocycles. The van der Waals surface area contributed by atoms with E-state index in [4.69, 9.17) is 0 Å². The second kappa shape index (κ2) is 5.30. The van der Waals surface area contributed by atoms with E-state index in [0.29, 0.717) is 16.9 Å². The summed E-state index contributed by atoms with van der Waals surface area (Å²) in [5, 5.41) is 3.90. The number of rotatable bonds is 2. The lowest BCUT2D eigenvalue weighted by Gasteiger charge is -2.26. The van der Waals surface area contributed by atoms with Crippen molar-refractivity contribution in [1.82, 2.24) is 9.55 Å². The molecule has 3 rings (SSSR count). The first-order chi connectivity index (χ1) is 10.5. The first kappa shape index (κ1) is 14.3. The van der Waals surface area contributed by atoms with Gasteiger partial charge in [0.1, 0.15) is 0 Å². The number of para-hydroxylation sites is 2. The zero-order chi connectivity index (χ0) is 15.7. The highest BCUT2D eigenvalue weighted by molar-refractivity contribution is 5.79. The second-order valence-electron chi connectivity index (χ2n) is 6.25. The molecule has 3 aromatic rings. The van der Waals surface area contributed by atoms with Gasteiger partial charge >= 0.3 is 0 Å². The standard InChI is InChI=1S/C18H19N3O/c1-18(2,3)21-16(22)14-11-7-8-12-15(14)20-17(21)19-13-9-5-4-6-10-13/h4-12H,1-3H3,(H,19,20). The van der Waals surface area contributed by atoms with Crippen molar-refractivity contribution < 1.29 is 0 Å². The third-order valence-electron chi connectivity index (χ3n) is 3.48. The average molecular weight is 293 g/mol. The van der Waals surface area contributed by atoms with Crippen LogP contribution in [0.5, 0.6) is 0 Å². The van der Waals surface area contributed by atoms with E-state index in [0.717, 1.165) is 5.69 Å². The van der Waals surface area contributed by atoms with Gasteiger partial charge in [0.05, 0.1) is 10.9 Å². The molecule has 0 saturated heterocycles. The summed E-state index contributed by atoms with van der Waals surface area (Å²) in [6.45, 7) is 6.00. The minimum atomic E-state index is -0.370. The van der Waals surface area contributed by atoms with Gasteiger partial charge in [-0.15, -0.1) is 0 Å². The van der Waals surface area contributed by atoms with Crippen molar-refractivity contribution in [2.75, 3.05) is 5.32 Å². The number of aromatic nitrogens is 2. The van der Waals surface area contributed by atoms with Crippen LogP contribution in [0.4, 0.5) is 11.6 Å². The molecule has 0 fully saturated rings. The number of fused-ring (bicyclic) bond motifs is 1. The van der Waals surface area contributed by atoms with Gasteiger partial charge in [-0.2, -0.15) is 0 Å². The van der Waals surface area contributed by atoms with Crippen molar-refractivity contribution in [1.29, 1.82) is 0 Å². The Morgan fingerprint density at radius 1 is 0.955 bits per heavy atom. The molecule has 0 atom stereocenters. The summed E-state index contributed by atoms with van der Waals surface area (Å²) in [5.74, 6) is 0.558. The van der Waals surface area contributed by atoms with Gasteiger partial charge in [0.25, 0.3) is 5.56 Å². The van der Waals surface area contributed by atoms with Crippen LogP contribution in [0, 0.1) is 0 Å². The SMILES string of the molecule is CC(C)(C)n1c(Nc2ccccc2)nc2ccccc2c1=O. The van der Waals surface area contributed by atoms with Gasteiger partial charge in [-0.25, -0.2) is 4.98 Å². The number of nitrogens with one attached hydrogen (secondary N) is 1. The molecule has 0 amide bonds. The molecule has 0 bridgehead atoms. The quantitative estimate of drug-likeness (QED) is 0.779. The Kier molecular flexibility index (Phi) is 3.45. The molecular weight excluding hydrogens is 274 g/mol. The normalized spacial score (nSPS) is 11.6. The predicted molar refractivity (Wildman–Crippen MR) is 90.7 cm³/mol. The number of benzene rings is 2. The number of hydrogen-bond acceptors (Lipinski definition) is 3. The van der Waals surface area contributed by atoms with Gasteiger partial charge in [-0.05, 0) is 45.0 Å². The highest BCUT2D eigenvalue weighted by Gasteiger charge is 2.21. The Labute approximate surface area is 129 Å². The van der Waals surface area contributed by atoms with E-state index in [9.17, 15) is 4.79 Å². The number of anilines is 2. The summed E-state index contributed by atoms with van der Waals surface area (Å²) >= 11 is 0. The molecule has 0 aliphatic carbocycles. The lowest BCUT2D eigenvalue weighted by atomic mass is 10.1. The van der Waals surface area contributed by atoms with Gasteiger partial charge < -0.3 is 5.32 Å². The zero-order valence-corrected chi connectivity index (χ0v) is 13.0. The fourth-order valence-corrected chi connectivity index (χ4v) is 2.49. The molecule has 0 saturated carbocycles. The summed E-state index contributed by atoms with van der Waals surface area (Å²) in [4.78, 5) is 17.5. The minimum Gasteiger partial charge on any atom is -0.325 e. The first-order valence-corrected chi connectivity index (χ1v) is 7.31. The molecule has 2 aromatic carbocycles. The predicted octanol–water partition coefficient (Wildman–Crippen LogP) is 3.90. The summed E-state index contributed by atoms with van der Waals surface area (Å²) < 4.78 is 1.71. The zero-order valence-electron chi connectivity index (χ0n) is 13.0. The summed E-state index contributed by atoms with van der Waals surface area (Å²) in [7, 11) is 0. The largest absolute Gasteiger partial charge is 0.325 e. The first-order valence-electron chi connectivity index (χ1n) is 7.31. The van der Waals surface area contributed by atoms with Gasteiger partial charge in [0.2, 0.25) is 5.95 Å². The molecule has 1 aromatic heterocycles. The second-order valence-corrected chi connectivity index (χ2v) is 6.25. The Hall–Kier alpha value is -2.62. The summed E-state index contributed by atoms with van der Waals surface area (Å²) in [6, 6.07) is 17.2. The van der Waals surface area contributed by atoms with Crippen LogP contribution >= 0.6 is 0 Å². The molecule has 0 spiro atoms. The van der Waals surface area contributed by atoms with Crippen LogP contribution in [0.15, 0.2) is 59.4 Å². The van der Waals surface area contributed by atoms with Crippen LogP contribution in [0.25, 0.3) is 10.9 Å². The van der Waals surface area contributed by atoms with Crippen LogP contribution in [0.2, 0.25) is 0 Å². The molecule has 4 heteroatoms. The summed E-state index contributed by atoms with van der Waals surface area (Å²) in [6.07, 6.45) is 0. The Bertz CT molecular complexity index is 861. The fourth-order valence-electron chi connectivity index (χ4n) is 2.49. The molecule has 1 N–H and O–H groups in total. The van der Waals surface area contributed by atoms with E-state index in [1.54, 1.807) is 4.57 Å². The maximum Gasteiger partial charge on any atom is 0.263 e. The Morgan fingerprint density at radius 2 is 1.59 bits per heavy atom. The van der Waals surface area contributed by atoms with E-state index in [-0.39, 0.29) is 11.1 Å². The lowest BCUT2D eigenvalue weighted by molar-refractivity contribution is 0.388. The maximum absolute atomic E-state index is 12.9. The van der Waals surface area contributed by atoms with Gasteiger partial charge in [0, 0.05) is 11.2 Å². The van der Waals surface area contributed by atoms with Gasteiger partial charge in [0.15, 0.2) is 0 Å². The molecule has 0 unspecified atom stereocenters. The van der Waals surface area contributed by atoms with Crippen molar-refractivity contribution in [3.63, 3.8) is 0 Å². The van der Waals surface area contributed by atoms with Crippen LogP contribution in [-0.4, -0.2) is 9.55 Å². The van der Waals surface area contributed by atoms with E-state index < -0.39 is 0 Å². The van der Waals surface area contributed by atoms with Crippen LogP contribution < -0.4 is 10.9 Å². The van der Waals surface area contributed by atoms with Gasteiger partial charge in [-0.1, -0.05) is 30.3 Å². The Morgan fingerprint density at radius 3 is 2.27 bits per heavy atom. The highest BCUT2D eigenvalue weighted by atomic mass is 16.1. The Balaban J connectivity index is 2.25. The van der Waals surface area contributed by atoms with Crippen LogP contribution in [0.1, 0.15) is 20.8 Å². The summed E-state index contributed by atoms with van der Waals surface area (Å²) in [5.41, 5.74) is 1.20. The number of hydrogen-bond donors (Lipinski definition) is 1. The van der Waals surface area contributed by atoms with Crippen molar-refractivity contribution in [2.45, 2.75) is 26.3 Å². The monoisotopic (exact) mass is 293 g/mol. The molecule has 112 valence electrons. The lowest BCUT2D eigenvalue weighted by Crippen LogP contribution is -2.36. The molecule has 22 heavy (non-hydrogen) atoms. The molecular formula is C18H19N3O. The van der Waals surface area contributed by atoms with Crippen molar-refractivity contribution in [2.24, 2.45) is 0 Å². The molecule has 1 heterocycles. The molecule has 4 nitrogen and oxygen atoms in total. The topological polar surface area (TPSA) is 46.9 Å². The fraction of sp³-hybridized carbons (Fsp3) is 0.222. The minimum absolute atomic E-state index is 0.0310. The molecule has 0 aliphatic rings. The van der Waals surface area contributed by atoms with Crippen molar-refractivity contribution in [3.05, 3.63) is 65.0 Å². The van der Waals surface area contributed by atoms with Gasteiger partial charge in [-0.3, -0.25) is 9.36 Å². The maximum atomic E-state index is 12.9. The van der Waals surface area contributed by atoms with E-state index in [1.807, 2.05) is 75.4 Å². The van der Waals surface area contributed by atoms with Crippen LogP contribution in [-0.2, 0) is 5.54 Å². The van der Waals surface area contributed by atoms with E-state index in [2.05, 4.69) is 10.3 Å². The smallest absolute Gasteiger partial charge is 0.263 e.